The van der Waals surface area contributed by atoms with Gasteiger partial charge in [-0.05, 0) is 52.7 Å². The zero-order valence-corrected chi connectivity index (χ0v) is 14.5. The molecule has 1 aliphatic carbocycles. The average molecular weight is 329 g/mol. The summed E-state index contributed by atoms with van der Waals surface area (Å²) in [5.74, 6) is 1.45. The highest BCUT2D eigenvalue weighted by Gasteiger charge is 2.26. The second-order valence-electron chi connectivity index (χ2n) is 7.27. The van der Waals surface area contributed by atoms with E-state index in [0.717, 1.165) is 11.3 Å². The maximum absolute atomic E-state index is 11.9. The molecule has 1 fully saturated rings. The Hall–Kier alpha value is -2.44. The van der Waals surface area contributed by atoms with Crippen molar-refractivity contribution in [3.63, 3.8) is 0 Å². The number of carbonyl (C=O) groups is 1. The fraction of sp³-hybridized carbons (Fsp3) is 0.529. The highest BCUT2D eigenvalue weighted by Crippen LogP contribution is 2.39. The first-order valence-electron chi connectivity index (χ1n) is 8.20. The molecule has 2 N–H and O–H groups in total. The largest absolute Gasteiger partial charge is 0.337 e. The Morgan fingerprint density at radius 1 is 1.38 bits per heavy atom. The molecule has 0 aromatic carbocycles. The molecule has 24 heavy (non-hydrogen) atoms. The van der Waals surface area contributed by atoms with Crippen LogP contribution in [0.5, 0.6) is 0 Å². The molecule has 2 aromatic rings. The van der Waals surface area contributed by atoms with E-state index in [4.69, 9.17) is 4.52 Å². The van der Waals surface area contributed by atoms with Crippen LogP contribution in [0.25, 0.3) is 11.4 Å². The maximum atomic E-state index is 11.9. The molecule has 0 spiro atoms. The van der Waals surface area contributed by atoms with Gasteiger partial charge in [0, 0.05) is 28.9 Å². The van der Waals surface area contributed by atoms with Crippen molar-refractivity contribution in [3.8, 4) is 11.4 Å². The second-order valence-corrected chi connectivity index (χ2v) is 7.27. The Morgan fingerprint density at radius 2 is 2.12 bits per heavy atom. The van der Waals surface area contributed by atoms with E-state index in [1.165, 1.54) is 12.8 Å². The summed E-state index contributed by atoms with van der Waals surface area (Å²) >= 11 is 0. The van der Waals surface area contributed by atoms with Gasteiger partial charge in [-0.25, -0.2) is 4.79 Å². The van der Waals surface area contributed by atoms with Crippen LogP contribution in [0.15, 0.2) is 22.9 Å². The number of urea groups is 1. The van der Waals surface area contributed by atoms with Gasteiger partial charge in [0.2, 0.25) is 11.7 Å². The van der Waals surface area contributed by atoms with Gasteiger partial charge >= 0.3 is 6.03 Å². The second kappa shape index (κ2) is 6.22. The number of rotatable bonds is 4. The van der Waals surface area contributed by atoms with Crippen LogP contribution >= 0.6 is 0 Å². The van der Waals surface area contributed by atoms with Crippen molar-refractivity contribution < 1.29 is 9.32 Å². The number of amides is 2. The highest BCUT2D eigenvalue weighted by molar-refractivity contribution is 5.75. The zero-order chi connectivity index (χ0) is 17.3. The molecular weight excluding hydrogens is 306 g/mol. The third kappa shape index (κ3) is 4.10. The summed E-state index contributed by atoms with van der Waals surface area (Å²) in [4.78, 5) is 20.7. The normalized spacial score (nSPS) is 15.8. The SMILES string of the molecule is C[C@H](NC(=O)NC(C)(C)C)c1nc(-c2ccnc(C3CC3)c2)no1. The zero-order valence-electron chi connectivity index (χ0n) is 14.5. The minimum atomic E-state index is -0.377. The van der Waals surface area contributed by atoms with Crippen LogP contribution in [0.1, 0.15) is 64.1 Å². The molecule has 2 amide bonds. The van der Waals surface area contributed by atoms with Crippen LogP contribution in [-0.2, 0) is 0 Å². The van der Waals surface area contributed by atoms with Gasteiger partial charge in [-0.15, -0.1) is 0 Å². The van der Waals surface area contributed by atoms with Gasteiger partial charge in [0.25, 0.3) is 0 Å². The lowest BCUT2D eigenvalue weighted by Crippen LogP contribution is -2.47. The molecule has 1 saturated carbocycles. The summed E-state index contributed by atoms with van der Waals surface area (Å²) in [5, 5.41) is 9.66. The van der Waals surface area contributed by atoms with Crippen molar-refractivity contribution in [2.45, 2.75) is 58.0 Å². The molecule has 0 radical (unpaired) electrons. The van der Waals surface area contributed by atoms with Crippen LogP contribution in [-0.4, -0.2) is 26.7 Å². The predicted octanol–water partition coefficient (Wildman–Crippen LogP) is 3.17. The Labute approximate surface area is 141 Å². The monoisotopic (exact) mass is 329 g/mol. The summed E-state index contributed by atoms with van der Waals surface area (Å²) in [7, 11) is 0. The van der Waals surface area contributed by atoms with Gasteiger partial charge < -0.3 is 15.2 Å². The van der Waals surface area contributed by atoms with Crippen LogP contribution in [0.4, 0.5) is 4.79 Å². The number of hydrogen-bond donors (Lipinski definition) is 2. The van der Waals surface area contributed by atoms with Crippen molar-refractivity contribution in [3.05, 3.63) is 29.9 Å². The molecule has 3 rings (SSSR count). The van der Waals surface area contributed by atoms with Crippen LogP contribution in [0.2, 0.25) is 0 Å². The average Bonchev–Trinajstić information content (AvgIpc) is 3.22. The summed E-state index contributed by atoms with van der Waals surface area (Å²) in [5.41, 5.74) is 1.66. The van der Waals surface area contributed by atoms with Gasteiger partial charge in [0.05, 0.1) is 0 Å². The first-order valence-corrected chi connectivity index (χ1v) is 8.20. The standard InChI is InChI=1S/C17H23N5O2/c1-10(19-16(23)21-17(2,3)4)15-20-14(22-24-15)12-7-8-18-13(9-12)11-5-6-11/h7-11H,5-6H2,1-4H3,(H2,19,21,23)/t10-/m0/s1. The van der Waals surface area contributed by atoms with E-state index in [9.17, 15) is 4.79 Å². The Kier molecular flexibility index (Phi) is 4.26. The van der Waals surface area contributed by atoms with Gasteiger partial charge in [-0.2, -0.15) is 4.98 Å². The molecule has 0 bridgehead atoms. The van der Waals surface area contributed by atoms with E-state index in [2.05, 4.69) is 25.8 Å². The molecule has 0 saturated heterocycles. The first-order chi connectivity index (χ1) is 11.3. The summed E-state index contributed by atoms with van der Waals surface area (Å²) < 4.78 is 5.30. The molecule has 0 aliphatic heterocycles. The Bertz CT molecular complexity index is 731. The van der Waals surface area contributed by atoms with E-state index < -0.39 is 0 Å². The molecule has 7 heteroatoms. The number of pyridine rings is 1. The predicted molar refractivity (Wildman–Crippen MR) is 89.3 cm³/mol. The molecule has 7 nitrogen and oxygen atoms in total. The lowest BCUT2D eigenvalue weighted by atomic mass is 10.1. The Morgan fingerprint density at radius 3 is 2.79 bits per heavy atom. The summed E-state index contributed by atoms with van der Waals surface area (Å²) in [6, 6.07) is 3.23. The van der Waals surface area contributed by atoms with Crippen molar-refractivity contribution in [1.29, 1.82) is 0 Å². The summed E-state index contributed by atoms with van der Waals surface area (Å²) in [6.07, 6.45) is 4.16. The first kappa shape index (κ1) is 16.4. The van der Waals surface area contributed by atoms with Gasteiger partial charge in [-0.1, -0.05) is 5.16 Å². The number of nitrogens with one attached hydrogen (secondary N) is 2. The van der Waals surface area contributed by atoms with E-state index >= 15 is 0 Å². The number of hydrogen-bond acceptors (Lipinski definition) is 5. The topological polar surface area (TPSA) is 92.9 Å². The van der Waals surface area contributed by atoms with Crippen LogP contribution in [0.3, 0.4) is 0 Å². The van der Waals surface area contributed by atoms with Gasteiger partial charge in [-0.3, -0.25) is 4.98 Å². The smallest absolute Gasteiger partial charge is 0.315 e. The molecule has 0 unspecified atom stereocenters. The van der Waals surface area contributed by atoms with Crippen LogP contribution < -0.4 is 10.6 Å². The highest BCUT2D eigenvalue weighted by atomic mass is 16.5. The van der Waals surface area contributed by atoms with Crippen molar-refractivity contribution in [2.24, 2.45) is 0 Å². The summed E-state index contributed by atoms with van der Waals surface area (Å²) in [6.45, 7) is 7.57. The Balaban J connectivity index is 1.68. The lowest BCUT2D eigenvalue weighted by molar-refractivity contribution is 0.225. The fourth-order valence-electron chi connectivity index (χ4n) is 2.35. The molecule has 1 atom stereocenters. The number of aromatic nitrogens is 3. The molecular formula is C17H23N5O2. The van der Waals surface area contributed by atoms with Crippen molar-refractivity contribution >= 4 is 6.03 Å². The maximum Gasteiger partial charge on any atom is 0.315 e. The van der Waals surface area contributed by atoms with Crippen LogP contribution in [0, 0.1) is 0 Å². The number of carbonyl (C=O) groups excluding carboxylic acids is 1. The van der Waals surface area contributed by atoms with E-state index in [1.807, 2.05) is 39.8 Å². The molecule has 128 valence electrons. The third-order valence-corrected chi connectivity index (χ3v) is 3.68. The van der Waals surface area contributed by atoms with E-state index in [1.54, 1.807) is 6.20 Å². The van der Waals surface area contributed by atoms with E-state index in [0.29, 0.717) is 17.6 Å². The quantitative estimate of drug-likeness (QED) is 0.898. The molecule has 2 heterocycles. The van der Waals surface area contributed by atoms with Crippen molar-refractivity contribution in [2.75, 3.05) is 0 Å². The van der Waals surface area contributed by atoms with Gasteiger partial charge in [0.15, 0.2) is 0 Å². The van der Waals surface area contributed by atoms with Gasteiger partial charge in [0.1, 0.15) is 6.04 Å². The minimum absolute atomic E-state index is 0.269. The minimum Gasteiger partial charge on any atom is -0.337 e. The molecule has 1 aliphatic rings. The number of nitrogens with zero attached hydrogens (tertiary/aromatic N) is 3. The van der Waals surface area contributed by atoms with E-state index in [-0.39, 0.29) is 17.6 Å². The third-order valence-electron chi connectivity index (χ3n) is 3.68. The van der Waals surface area contributed by atoms with Crippen molar-refractivity contribution in [1.82, 2.24) is 25.8 Å². The molecule has 2 aromatic heterocycles. The fourth-order valence-corrected chi connectivity index (χ4v) is 2.35. The lowest BCUT2D eigenvalue weighted by Gasteiger charge is -2.21.